The van der Waals surface area contributed by atoms with Gasteiger partial charge in [0.2, 0.25) is 0 Å². The lowest BCUT2D eigenvalue weighted by molar-refractivity contribution is -0.386. The van der Waals surface area contributed by atoms with E-state index >= 15 is 0 Å². The van der Waals surface area contributed by atoms with E-state index in [0.29, 0.717) is 0 Å². The van der Waals surface area contributed by atoms with Crippen molar-refractivity contribution >= 4 is 0 Å². The van der Waals surface area contributed by atoms with E-state index in [9.17, 15) is 40.9 Å². The molecule has 0 radical (unpaired) electrons. The molecule has 14 heteroatoms. The minimum atomic E-state index is -1.73. The maximum Gasteiger partial charge on any atom is 0.187 e. The molecule has 3 heterocycles. The number of ether oxygens (including phenoxy) is 6. The van der Waals surface area contributed by atoms with Crippen molar-refractivity contribution in [1.29, 1.82) is 0 Å². The van der Waals surface area contributed by atoms with Crippen LogP contribution in [-0.4, -0.2) is 147 Å². The van der Waals surface area contributed by atoms with E-state index in [1.54, 1.807) is 0 Å². The standard InChI is InChI=1S/C18H32O14/c1-5-8(21)11(24)13(26)16(29-5)31-15-12(25)10(23)7(3-19)30-18(15)32-14-9(22)6(20)4-28-17(14)27-2/h5-26H,3-4H2,1-2H3/t5-,6+,7+,8+,9-,10-,11+,12-,13-,14+,15+,16-,17-,18-/m0/s1. The molecule has 8 N–H and O–H groups in total. The Hall–Kier alpha value is -0.560. The van der Waals surface area contributed by atoms with Crippen LogP contribution in [0.1, 0.15) is 6.92 Å². The van der Waals surface area contributed by atoms with Crippen LogP contribution in [0.2, 0.25) is 0 Å². The molecule has 0 aromatic rings. The SMILES string of the molecule is CO[C@H]1OC[C@@H](O)[C@H](O)[C@H]1O[C@@H]1O[C@H](CO)[C@H](O)[C@H](O)[C@H]1O[C@@H]1O[C@@H](C)[C@@H](O)[C@@H](O)[C@@H]1O. The first-order valence-electron chi connectivity index (χ1n) is 10.2. The Morgan fingerprint density at radius 3 is 1.97 bits per heavy atom. The Labute approximate surface area is 183 Å². The number of hydrogen-bond acceptors (Lipinski definition) is 14. The molecule has 0 aliphatic carbocycles. The Bertz CT molecular complexity index is 594. The van der Waals surface area contributed by atoms with E-state index < -0.39 is 92.6 Å². The zero-order valence-electron chi connectivity index (χ0n) is 17.5. The Kier molecular flexibility index (Phi) is 8.79. The van der Waals surface area contributed by atoms with E-state index in [1.807, 2.05) is 0 Å². The van der Waals surface area contributed by atoms with E-state index in [4.69, 9.17) is 28.4 Å². The maximum atomic E-state index is 10.6. The van der Waals surface area contributed by atoms with Gasteiger partial charge >= 0.3 is 0 Å². The molecule has 3 aliphatic heterocycles. The molecule has 14 atom stereocenters. The Balaban J connectivity index is 1.82. The molecule has 32 heavy (non-hydrogen) atoms. The van der Waals surface area contributed by atoms with Crippen LogP contribution in [0.15, 0.2) is 0 Å². The van der Waals surface area contributed by atoms with Crippen LogP contribution in [0, 0.1) is 0 Å². The molecule has 0 aromatic carbocycles. The second kappa shape index (κ2) is 10.8. The molecule has 0 aromatic heterocycles. The zero-order valence-corrected chi connectivity index (χ0v) is 17.5. The third kappa shape index (κ3) is 5.08. The van der Waals surface area contributed by atoms with Crippen LogP contribution in [0.5, 0.6) is 0 Å². The summed E-state index contributed by atoms with van der Waals surface area (Å²) in [5, 5.41) is 80.7. The van der Waals surface area contributed by atoms with Crippen molar-refractivity contribution in [3.8, 4) is 0 Å². The summed E-state index contributed by atoms with van der Waals surface area (Å²) >= 11 is 0. The molecule has 0 spiro atoms. The second-order valence-electron chi connectivity index (χ2n) is 8.08. The summed E-state index contributed by atoms with van der Waals surface area (Å²) in [5.74, 6) is 0. The Morgan fingerprint density at radius 2 is 1.34 bits per heavy atom. The van der Waals surface area contributed by atoms with Crippen molar-refractivity contribution in [1.82, 2.24) is 0 Å². The minimum Gasteiger partial charge on any atom is -0.394 e. The van der Waals surface area contributed by atoms with E-state index in [-0.39, 0.29) is 6.61 Å². The smallest absolute Gasteiger partial charge is 0.187 e. The van der Waals surface area contributed by atoms with Gasteiger partial charge in [0.25, 0.3) is 0 Å². The summed E-state index contributed by atoms with van der Waals surface area (Å²) in [6, 6.07) is 0. The third-order valence-corrected chi connectivity index (χ3v) is 5.88. The lowest BCUT2D eigenvalue weighted by atomic mass is 9.97. The van der Waals surface area contributed by atoms with Crippen LogP contribution in [0.3, 0.4) is 0 Å². The molecule has 0 bridgehead atoms. The molecular weight excluding hydrogens is 440 g/mol. The summed E-state index contributed by atoms with van der Waals surface area (Å²) < 4.78 is 32.5. The van der Waals surface area contributed by atoms with Crippen LogP contribution in [0.4, 0.5) is 0 Å². The van der Waals surface area contributed by atoms with Gasteiger partial charge < -0.3 is 69.3 Å². The van der Waals surface area contributed by atoms with E-state index in [0.717, 1.165) is 0 Å². The minimum absolute atomic E-state index is 0.230. The highest BCUT2D eigenvalue weighted by atomic mass is 16.8. The molecule has 188 valence electrons. The molecule has 0 amide bonds. The van der Waals surface area contributed by atoms with Crippen molar-refractivity contribution in [3.05, 3.63) is 0 Å². The normalized spacial score (nSPS) is 52.7. The van der Waals surface area contributed by atoms with Gasteiger partial charge in [-0.15, -0.1) is 0 Å². The monoisotopic (exact) mass is 472 g/mol. The zero-order chi connectivity index (χ0) is 23.7. The topological polar surface area (TPSA) is 217 Å². The lowest BCUT2D eigenvalue weighted by Gasteiger charge is -2.47. The number of aliphatic hydroxyl groups is 8. The van der Waals surface area contributed by atoms with Crippen molar-refractivity contribution in [2.24, 2.45) is 0 Å². The summed E-state index contributed by atoms with van der Waals surface area (Å²) in [6.45, 7) is 0.496. The van der Waals surface area contributed by atoms with E-state index in [1.165, 1.54) is 14.0 Å². The van der Waals surface area contributed by atoms with Crippen molar-refractivity contribution in [2.75, 3.05) is 20.3 Å². The highest BCUT2D eigenvalue weighted by Gasteiger charge is 2.52. The van der Waals surface area contributed by atoms with Crippen molar-refractivity contribution < 1.29 is 69.3 Å². The maximum absolute atomic E-state index is 10.6. The first kappa shape index (κ1) is 26.1. The predicted molar refractivity (Wildman–Crippen MR) is 98.6 cm³/mol. The van der Waals surface area contributed by atoms with Crippen LogP contribution >= 0.6 is 0 Å². The molecule has 14 nitrogen and oxygen atoms in total. The van der Waals surface area contributed by atoms with Gasteiger partial charge in [0.1, 0.15) is 61.0 Å². The fourth-order valence-electron chi connectivity index (χ4n) is 3.86. The van der Waals surface area contributed by atoms with Crippen LogP contribution in [0.25, 0.3) is 0 Å². The summed E-state index contributed by atoms with van der Waals surface area (Å²) in [7, 11) is 1.27. The molecular formula is C18H32O14. The van der Waals surface area contributed by atoms with Gasteiger partial charge in [-0.1, -0.05) is 0 Å². The van der Waals surface area contributed by atoms with Gasteiger partial charge in [-0.05, 0) is 6.92 Å². The van der Waals surface area contributed by atoms with Gasteiger partial charge in [-0.2, -0.15) is 0 Å². The summed E-state index contributed by atoms with van der Waals surface area (Å²) in [5.41, 5.74) is 0. The summed E-state index contributed by atoms with van der Waals surface area (Å²) in [4.78, 5) is 0. The lowest BCUT2D eigenvalue weighted by Crippen LogP contribution is -2.65. The quantitative estimate of drug-likeness (QED) is 0.181. The van der Waals surface area contributed by atoms with Gasteiger partial charge in [0.05, 0.1) is 19.3 Å². The van der Waals surface area contributed by atoms with Crippen molar-refractivity contribution in [3.63, 3.8) is 0 Å². The number of hydrogen-bond donors (Lipinski definition) is 8. The average Bonchev–Trinajstić information content (AvgIpc) is 2.78. The molecule has 3 fully saturated rings. The van der Waals surface area contributed by atoms with Crippen LogP contribution < -0.4 is 0 Å². The molecule has 0 unspecified atom stereocenters. The largest absolute Gasteiger partial charge is 0.394 e. The van der Waals surface area contributed by atoms with Gasteiger partial charge in [0.15, 0.2) is 18.9 Å². The van der Waals surface area contributed by atoms with Gasteiger partial charge in [0, 0.05) is 7.11 Å². The number of methoxy groups -OCH3 is 1. The number of aliphatic hydroxyl groups excluding tert-OH is 8. The average molecular weight is 472 g/mol. The molecule has 3 saturated heterocycles. The number of rotatable bonds is 6. The van der Waals surface area contributed by atoms with Crippen molar-refractivity contribution in [2.45, 2.75) is 92.9 Å². The fraction of sp³-hybridized carbons (Fsp3) is 1.00. The highest BCUT2D eigenvalue weighted by molar-refractivity contribution is 4.94. The second-order valence-corrected chi connectivity index (χ2v) is 8.08. The van der Waals surface area contributed by atoms with Gasteiger partial charge in [-0.3, -0.25) is 0 Å². The first-order valence-corrected chi connectivity index (χ1v) is 10.2. The van der Waals surface area contributed by atoms with Gasteiger partial charge in [-0.25, -0.2) is 0 Å². The molecule has 3 rings (SSSR count). The predicted octanol–water partition coefficient (Wildman–Crippen LogP) is -5.25. The fourth-order valence-corrected chi connectivity index (χ4v) is 3.86. The van der Waals surface area contributed by atoms with Crippen LogP contribution in [-0.2, 0) is 28.4 Å². The van der Waals surface area contributed by atoms with E-state index in [2.05, 4.69) is 0 Å². The molecule has 0 saturated carbocycles. The highest BCUT2D eigenvalue weighted by Crippen LogP contribution is 2.32. The first-order chi connectivity index (χ1) is 15.1. The Morgan fingerprint density at radius 1 is 0.719 bits per heavy atom. The summed E-state index contributed by atoms with van der Waals surface area (Å²) in [6.07, 6.45) is -20.3. The molecule has 3 aliphatic rings. The third-order valence-electron chi connectivity index (χ3n) is 5.88.